The Morgan fingerprint density at radius 2 is 1.84 bits per heavy atom. The number of rotatable bonds is 6. The number of carbonyl (C=O) groups excluding carboxylic acids is 1. The number of aromatic nitrogens is 1. The molecule has 4 rings (SSSR count). The molecule has 1 aliphatic rings. The van der Waals surface area contributed by atoms with E-state index in [1.54, 1.807) is 24.3 Å². The van der Waals surface area contributed by atoms with Gasteiger partial charge in [-0.2, -0.15) is 0 Å². The molecule has 1 aliphatic carbocycles. The van der Waals surface area contributed by atoms with Gasteiger partial charge in [0, 0.05) is 54.4 Å². The molecule has 2 N–H and O–H groups in total. The number of carbonyl (C=O) groups is 1. The van der Waals surface area contributed by atoms with E-state index in [2.05, 4.69) is 53.9 Å². The number of pyridine rings is 1. The largest absolute Gasteiger partial charge is 0.377 e. The van der Waals surface area contributed by atoms with Gasteiger partial charge in [-0.25, -0.2) is 4.98 Å². The van der Waals surface area contributed by atoms with Crippen LogP contribution in [0.25, 0.3) is 10.9 Å². The molecule has 2 aromatic carbocycles. The van der Waals surface area contributed by atoms with Gasteiger partial charge in [-0.3, -0.25) is 4.79 Å². The summed E-state index contributed by atoms with van der Waals surface area (Å²) < 4.78 is 0. The Labute approximate surface area is 188 Å². The Hall–Kier alpha value is -2.79. The van der Waals surface area contributed by atoms with Crippen molar-refractivity contribution in [2.24, 2.45) is 5.92 Å². The number of anilines is 2. The lowest BCUT2D eigenvalue weighted by Gasteiger charge is -2.30. The first kappa shape index (κ1) is 21.4. The molecule has 0 saturated heterocycles. The summed E-state index contributed by atoms with van der Waals surface area (Å²) in [6, 6.07) is 17.9. The number of nitrogens with one attached hydrogen (secondary N) is 2. The lowest BCUT2D eigenvalue weighted by molar-refractivity contribution is 0.0943. The van der Waals surface area contributed by atoms with E-state index in [9.17, 15) is 4.79 Å². The normalized spacial score (nSPS) is 18.5. The monoisotopic (exact) mass is 436 g/mol. The summed E-state index contributed by atoms with van der Waals surface area (Å²) in [7, 11) is 4.13. The Bertz CT molecular complexity index is 1060. The molecule has 162 valence electrons. The number of nitrogens with zero attached hydrogens (tertiary/aromatic N) is 2. The number of halogens is 1. The summed E-state index contributed by atoms with van der Waals surface area (Å²) in [5.41, 5.74) is 2.79. The summed E-state index contributed by atoms with van der Waals surface area (Å²) >= 11 is 5.98. The minimum Gasteiger partial charge on any atom is -0.377 e. The topological polar surface area (TPSA) is 57.3 Å². The van der Waals surface area contributed by atoms with Gasteiger partial charge in [0.05, 0.1) is 5.52 Å². The number of amides is 1. The van der Waals surface area contributed by atoms with Crippen molar-refractivity contribution >= 4 is 39.9 Å². The maximum absolute atomic E-state index is 12.3. The second-order valence-corrected chi connectivity index (χ2v) is 8.96. The number of para-hydroxylation sites is 1. The summed E-state index contributed by atoms with van der Waals surface area (Å²) in [5.74, 6) is 1.38. The second-order valence-electron chi connectivity index (χ2n) is 8.52. The van der Waals surface area contributed by atoms with Gasteiger partial charge in [0.25, 0.3) is 5.91 Å². The first-order chi connectivity index (χ1) is 15.0. The average Bonchev–Trinajstić information content (AvgIpc) is 2.77. The van der Waals surface area contributed by atoms with E-state index in [0.717, 1.165) is 42.4 Å². The first-order valence-corrected chi connectivity index (χ1v) is 11.2. The summed E-state index contributed by atoms with van der Waals surface area (Å²) in [6.45, 7) is 0.705. The first-order valence-electron chi connectivity index (χ1n) is 10.9. The zero-order valence-electron chi connectivity index (χ0n) is 18.1. The van der Waals surface area contributed by atoms with Gasteiger partial charge in [0.1, 0.15) is 5.82 Å². The molecule has 5 nitrogen and oxygen atoms in total. The van der Waals surface area contributed by atoms with Crippen molar-refractivity contribution in [2.45, 2.75) is 31.7 Å². The minimum atomic E-state index is -0.0562. The number of fused-ring (bicyclic) bond motifs is 1. The molecular weight excluding hydrogens is 408 g/mol. The smallest absolute Gasteiger partial charge is 0.251 e. The van der Waals surface area contributed by atoms with E-state index in [-0.39, 0.29) is 5.91 Å². The fourth-order valence-electron chi connectivity index (χ4n) is 4.29. The van der Waals surface area contributed by atoms with Gasteiger partial charge in [-0.05, 0) is 55.9 Å². The van der Waals surface area contributed by atoms with Crippen molar-refractivity contribution in [3.8, 4) is 0 Å². The average molecular weight is 437 g/mol. The molecule has 1 saturated carbocycles. The van der Waals surface area contributed by atoms with Crippen LogP contribution in [-0.4, -0.2) is 37.6 Å². The van der Waals surface area contributed by atoms with Crippen molar-refractivity contribution in [2.75, 3.05) is 30.9 Å². The van der Waals surface area contributed by atoms with Gasteiger partial charge in [-0.15, -0.1) is 0 Å². The molecule has 6 heteroatoms. The number of benzene rings is 2. The molecule has 31 heavy (non-hydrogen) atoms. The van der Waals surface area contributed by atoms with Crippen molar-refractivity contribution in [1.29, 1.82) is 0 Å². The Kier molecular flexibility index (Phi) is 6.62. The SMILES string of the molecule is CN(C)c1cc(N[C@H]2CC[C@@H](CNC(=O)c3cccc(Cl)c3)CC2)nc2ccccc12. The van der Waals surface area contributed by atoms with Crippen LogP contribution in [-0.2, 0) is 0 Å². The number of hydrogen-bond acceptors (Lipinski definition) is 4. The van der Waals surface area contributed by atoms with Crippen molar-refractivity contribution in [1.82, 2.24) is 10.3 Å². The van der Waals surface area contributed by atoms with Crippen LogP contribution in [0.3, 0.4) is 0 Å². The van der Waals surface area contributed by atoms with Crippen molar-refractivity contribution in [3.63, 3.8) is 0 Å². The molecule has 1 heterocycles. The second kappa shape index (κ2) is 9.56. The van der Waals surface area contributed by atoms with Crippen LogP contribution < -0.4 is 15.5 Å². The molecular formula is C25H29ClN4O. The lowest BCUT2D eigenvalue weighted by atomic mass is 9.86. The van der Waals surface area contributed by atoms with E-state index >= 15 is 0 Å². The highest BCUT2D eigenvalue weighted by Gasteiger charge is 2.22. The predicted octanol–water partition coefficient (Wildman–Crippen LogP) is 5.35. The summed E-state index contributed by atoms with van der Waals surface area (Å²) in [6.07, 6.45) is 4.32. The van der Waals surface area contributed by atoms with E-state index in [1.165, 1.54) is 5.69 Å². The van der Waals surface area contributed by atoms with Gasteiger partial charge in [0.2, 0.25) is 0 Å². The molecule has 1 fully saturated rings. The van der Waals surface area contributed by atoms with E-state index in [0.29, 0.717) is 29.1 Å². The molecule has 3 aromatic rings. The quantitative estimate of drug-likeness (QED) is 0.546. The van der Waals surface area contributed by atoms with Crippen LogP contribution >= 0.6 is 11.6 Å². The number of hydrogen-bond donors (Lipinski definition) is 2. The molecule has 0 bridgehead atoms. The van der Waals surface area contributed by atoms with E-state index < -0.39 is 0 Å². The molecule has 0 unspecified atom stereocenters. The minimum absolute atomic E-state index is 0.0562. The fourth-order valence-corrected chi connectivity index (χ4v) is 4.48. The molecule has 0 aliphatic heterocycles. The highest BCUT2D eigenvalue weighted by Crippen LogP contribution is 2.30. The highest BCUT2D eigenvalue weighted by molar-refractivity contribution is 6.30. The molecule has 0 spiro atoms. The van der Waals surface area contributed by atoms with Crippen molar-refractivity contribution in [3.05, 3.63) is 65.2 Å². The molecule has 1 aromatic heterocycles. The van der Waals surface area contributed by atoms with Crippen molar-refractivity contribution < 1.29 is 4.79 Å². The van der Waals surface area contributed by atoms with E-state index in [1.807, 2.05) is 6.07 Å². The Morgan fingerprint density at radius 3 is 2.58 bits per heavy atom. The summed E-state index contributed by atoms with van der Waals surface area (Å²) in [5, 5.41) is 8.46. The van der Waals surface area contributed by atoms with Crippen LogP contribution in [0.2, 0.25) is 5.02 Å². The molecule has 0 radical (unpaired) electrons. The van der Waals surface area contributed by atoms with Gasteiger partial charge in [-0.1, -0.05) is 35.9 Å². The third-order valence-corrected chi connectivity index (χ3v) is 6.25. The van der Waals surface area contributed by atoms with Crippen LogP contribution in [0.1, 0.15) is 36.0 Å². The third kappa shape index (κ3) is 5.28. The third-order valence-electron chi connectivity index (χ3n) is 6.01. The standard InChI is InChI=1S/C25H29ClN4O/c1-30(2)23-15-24(29-22-9-4-3-8-21(22)23)28-20-12-10-17(11-13-20)16-27-25(31)18-6-5-7-19(26)14-18/h3-9,14-15,17,20H,10-13,16H2,1-2H3,(H,27,31)(H,28,29)/t17-,20+. The van der Waals surface area contributed by atoms with Gasteiger partial charge >= 0.3 is 0 Å². The Morgan fingerprint density at radius 1 is 1.06 bits per heavy atom. The maximum atomic E-state index is 12.3. The molecule has 0 atom stereocenters. The fraction of sp³-hybridized carbons (Fsp3) is 0.360. The highest BCUT2D eigenvalue weighted by atomic mass is 35.5. The van der Waals surface area contributed by atoms with Crippen LogP contribution in [0.5, 0.6) is 0 Å². The predicted molar refractivity (Wildman–Crippen MR) is 129 cm³/mol. The van der Waals surface area contributed by atoms with Gasteiger partial charge in [0.15, 0.2) is 0 Å². The maximum Gasteiger partial charge on any atom is 0.251 e. The zero-order valence-corrected chi connectivity index (χ0v) is 18.8. The lowest BCUT2D eigenvalue weighted by Crippen LogP contribution is -2.34. The zero-order chi connectivity index (χ0) is 21.8. The Balaban J connectivity index is 1.32. The van der Waals surface area contributed by atoms with Crippen LogP contribution in [0.15, 0.2) is 54.6 Å². The molecule has 1 amide bonds. The van der Waals surface area contributed by atoms with Crippen LogP contribution in [0, 0.1) is 5.92 Å². The van der Waals surface area contributed by atoms with E-state index in [4.69, 9.17) is 16.6 Å². The van der Waals surface area contributed by atoms with Crippen LogP contribution in [0.4, 0.5) is 11.5 Å². The summed E-state index contributed by atoms with van der Waals surface area (Å²) in [4.78, 5) is 19.3. The van der Waals surface area contributed by atoms with Gasteiger partial charge < -0.3 is 15.5 Å².